The molecule has 0 aliphatic carbocycles. The van der Waals surface area contributed by atoms with Crippen molar-refractivity contribution in [2.75, 3.05) is 0 Å². The quantitative estimate of drug-likeness (QED) is 0.685. The standard InChI is InChI=1S/C16H12N2O/c1-11(10-17)13-7-8-14-15(9-13)19-16(18-14)12-5-3-2-4-6-12/h2-9,11H,1H3/t11-/m0/s1. The van der Waals surface area contributed by atoms with Crippen molar-refractivity contribution in [1.82, 2.24) is 4.98 Å². The zero-order valence-corrected chi connectivity index (χ0v) is 10.5. The highest BCUT2D eigenvalue weighted by atomic mass is 16.3. The predicted octanol–water partition coefficient (Wildman–Crippen LogP) is 4.12. The van der Waals surface area contributed by atoms with E-state index in [0.29, 0.717) is 5.89 Å². The van der Waals surface area contributed by atoms with Gasteiger partial charge < -0.3 is 4.42 Å². The molecule has 0 amide bonds. The molecule has 92 valence electrons. The van der Waals surface area contributed by atoms with Crippen LogP contribution >= 0.6 is 0 Å². The monoisotopic (exact) mass is 248 g/mol. The largest absolute Gasteiger partial charge is 0.436 e. The molecule has 0 radical (unpaired) electrons. The summed E-state index contributed by atoms with van der Waals surface area (Å²) in [7, 11) is 0. The number of hydrogen-bond acceptors (Lipinski definition) is 3. The van der Waals surface area contributed by atoms with Crippen LogP contribution < -0.4 is 0 Å². The molecule has 0 bridgehead atoms. The maximum Gasteiger partial charge on any atom is 0.227 e. The molecule has 0 aliphatic rings. The minimum Gasteiger partial charge on any atom is -0.436 e. The first kappa shape index (κ1) is 11.5. The van der Waals surface area contributed by atoms with Crippen LogP contribution in [0.25, 0.3) is 22.6 Å². The molecule has 1 heterocycles. The van der Waals surface area contributed by atoms with Crippen molar-refractivity contribution in [1.29, 1.82) is 5.26 Å². The second-order valence-electron chi connectivity index (χ2n) is 4.46. The van der Waals surface area contributed by atoms with Gasteiger partial charge in [-0.3, -0.25) is 0 Å². The van der Waals surface area contributed by atoms with E-state index in [0.717, 1.165) is 22.2 Å². The van der Waals surface area contributed by atoms with Crippen LogP contribution in [0.4, 0.5) is 0 Å². The normalized spacial score (nSPS) is 12.2. The summed E-state index contributed by atoms with van der Waals surface area (Å²) in [4.78, 5) is 4.46. The maximum atomic E-state index is 8.95. The second-order valence-corrected chi connectivity index (χ2v) is 4.46. The number of nitrogens with zero attached hydrogens (tertiary/aromatic N) is 2. The fourth-order valence-electron chi connectivity index (χ4n) is 1.99. The third-order valence-corrected chi connectivity index (χ3v) is 3.13. The summed E-state index contributed by atoms with van der Waals surface area (Å²) in [5, 5.41) is 8.95. The third-order valence-electron chi connectivity index (χ3n) is 3.13. The molecular weight excluding hydrogens is 236 g/mol. The van der Waals surface area contributed by atoms with E-state index in [-0.39, 0.29) is 5.92 Å². The number of nitriles is 1. The number of benzene rings is 2. The van der Waals surface area contributed by atoms with E-state index in [2.05, 4.69) is 11.1 Å². The number of hydrogen-bond donors (Lipinski definition) is 0. The van der Waals surface area contributed by atoms with E-state index in [4.69, 9.17) is 9.68 Å². The minimum atomic E-state index is -0.144. The molecule has 0 fully saturated rings. The summed E-state index contributed by atoms with van der Waals surface area (Å²) < 4.78 is 5.77. The van der Waals surface area contributed by atoms with Crippen molar-refractivity contribution in [3.63, 3.8) is 0 Å². The smallest absolute Gasteiger partial charge is 0.227 e. The van der Waals surface area contributed by atoms with Crippen LogP contribution in [0.5, 0.6) is 0 Å². The Labute approximate surface area is 111 Å². The van der Waals surface area contributed by atoms with E-state index in [9.17, 15) is 0 Å². The van der Waals surface area contributed by atoms with Gasteiger partial charge in [0.15, 0.2) is 5.58 Å². The Hall–Kier alpha value is -2.60. The molecule has 1 atom stereocenters. The van der Waals surface area contributed by atoms with Crippen LogP contribution in [0.15, 0.2) is 52.9 Å². The molecule has 0 unspecified atom stereocenters. The Morgan fingerprint density at radius 3 is 2.68 bits per heavy atom. The zero-order valence-electron chi connectivity index (χ0n) is 10.5. The van der Waals surface area contributed by atoms with Crippen molar-refractivity contribution in [2.45, 2.75) is 12.8 Å². The third kappa shape index (κ3) is 2.09. The van der Waals surface area contributed by atoms with Crippen molar-refractivity contribution in [3.05, 3.63) is 54.1 Å². The van der Waals surface area contributed by atoms with Gasteiger partial charge in [0.05, 0.1) is 12.0 Å². The first-order valence-electron chi connectivity index (χ1n) is 6.13. The van der Waals surface area contributed by atoms with E-state index in [1.807, 2.05) is 55.5 Å². The van der Waals surface area contributed by atoms with E-state index in [1.165, 1.54) is 0 Å². The summed E-state index contributed by atoms with van der Waals surface area (Å²) in [6.45, 7) is 1.87. The highest BCUT2D eigenvalue weighted by Gasteiger charge is 2.10. The molecule has 0 aliphatic heterocycles. The molecule has 2 aromatic carbocycles. The Morgan fingerprint density at radius 1 is 1.16 bits per heavy atom. The Kier molecular flexibility index (Phi) is 2.77. The van der Waals surface area contributed by atoms with Gasteiger partial charge in [0, 0.05) is 5.56 Å². The molecule has 0 spiro atoms. The van der Waals surface area contributed by atoms with Gasteiger partial charge in [-0.15, -0.1) is 0 Å². The number of fused-ring (bicyclic) bond motifs is 1. The van der Waals surface area contributed by atoms with Crippen LogP contribution in [0.3, 0.4) is 0 Å². The molecule has 19 heavy (non-hydrogen) atoms. The first-order valence-corrected chi connectivity index (χ1v) is 6.13. The average Bonchev–Trinajstić information content (AvgIpc) is 2.90. The summed E-state index contributed by atoms with van der Waals surface area (Å²) in [5.74, 6) is 0.465. The van der Waals surface area contributed by atoms with Crippen LogP contribution in [-0.2, 0) is 0 Å². The van der Waals surface area contributed by atoms with Gasteiger partial charge in [-0.2, -0.15) is 5.26 Å². The Bertz CT molecular complexity index is 753. The highest BCUT2D eigenvalue weighted by Crippen LogP contribution is 2.26. The molecule has 1 aromatic heterocycles. The van der Waals surface area contributed by atoms with E-state index < -0.39 is 0 Å². The van der Waals surface area contributed by atoms with E-state index >= 15 is 0 Å². The van der Waals surface area contributed by atoms with Gasteiger partial charge in [0.2, 0.25) is 5.89 Å². The number of aromatic nitrogens is 1. The van der Waals surface area contributed by atoms with Crippen molar-refractivity contribution in [3.8, 4) is 17.5 Å². The summed E-state index contributed by atoms with van der Waals surface area (Å²) in [6.07, 6.45) is 0. The lowest BCUT2D eigenvalue weighted by atomic mass is 10.0. The molecular formula is C16H12N2O. The topological polar surface area (TPSA) is 49.8 Å². The van der Waals surface area contributed by atoms with E-state index in [1.54, 1.807) is 0 Å². The maximum absolute atomic E-state index is 8.95. The zero-order chi connectivity index (χ0) is 13.2. The summed E-state index contributed by atoms with van der Waals surface area (Å²) in [6, 6.07) is 17.7. The van der Waals surface area contributed by atoms with Crippen molar-refractivity contribution < 1.29 is 4.42 Å². The SMILES string of the molecule is C[C@@H](C#N)c1ccc2nc(-c3ccccc3)oc2c1. The van der Waals surface area contributed by atoms with Gasteiger partial charge in [-0.1, -0.05) is 24.3 Å². The minimum absolute atomic E-state index is 0.144. The van der Waals surface area contributed by atoms with Crippen molar-refractivity contribution >= 4 is 11.1 Å². The molecule has 0 saturated carbocycles. The van der Waals surface area contributed by atoms with Gasteiger partial charge >= 0.3 is 0 Å². The van der Waals surface area contributed by atoms with Crippen LogP contribution in [0.1, 0.15) is 18.4 Å². The highest BCUT2D eigenvalue weighted by molar-refractivity contribution is 5.77. The fourth-order valence-corrected chi connectivity index (χ4v) is 1.99. The number of rotatable bonds is 2. The summed E-state index contributed by atoms with van der Waals surface area (Å²) in [5.41, 5.74) is 3.44. The lowest BCUT2D eigenvalue weighted by Crippen LogP contribution is -1.87. The van der Waals surface area contributed by atoms with Crippen LogP contribution in [0, 0.1) is 11.3 Å². The molecule has 0 N–H and O–H groups in total. The molecule has 3 aromatic rings. The molecule has 0 saturated heterocycles. The summed E-state index contributed by atoms with van der Waals surface area (Å²) >= 11 is 0. The Morgan fingerprint density at radius 2 is 1.95 bits per heavy atom. The number of oxazole rings is 1. The first-order chi connectivity index (χ1) is 9.28. The lowest BCUT2D eigenvalue weighted by molar-refractivity contribution is 0.619. The van der Waals surface area contributed by atoms with Crippen molar-refractivity contribution in [2.24, 2.45) is 0 Å². The average molecular weight is 248 g/mol. The molecule has 3 heteroatoms. The Balaban J connectivity index is 2.09. The molecule has 3 nitrogen and oxygen atoms in total. The van der Waals surface area contributed by atoms with Gasteiger partial charge in [-0.25, -0.2) is 4.98 Å². The lowest BCUT2D eigenvalue weighted by Gasteiger charge is -2.00. The molecule has 3 rings (SSSR count). The fraction of sp³-hybridized carbons (Fsp3) is 0.125. The van der Waals surface area contributed by atoms with Gasteiger partial charge in [0.25, 0.3) is 0 Å². The van der Waals surface area contributed by atoms with Gasteiger partial charge in [-0.05, 0) is 36.8 Å². The predicted molar refractivity (Wildman–Crippen MR) is 73.5 cm³/mol. The van der Waals surface area contributed by atoms with Gasteiger partial charge in [0.1, 0.15) is 5.52 Å². The van der Waals surface area contributed by atoms with Crippen LogP contribution in [-0.4, -0.2) is 4.98 Å². The second kappa shape index (κ2) is 4.58. The van der Waals surface area contributed by atoms with Crippen LogP contribution in [0.2, 0.25) is 0 Å².